The van der Waals surface area contributed by atoms with Crippen LogP contribution in [0.25, 0.3) is 5.65 Å². The Labute approximate surface area is 96.7 Å². The van der Waals surface area contributed by atoms with E-state index in [1.165, 1.54) is 5.56 Å². The summed E-state index contributed by atoms with van der Waals surface area (Å²) < 4.78 is 2.11. The maximum absolute atomic E-state index is 4.67. The zero-order chi connectivity index (χ0) is 11.5. The smallest absolute Gasteiger partial charge is 0.139 e. The zero-order valence-corrected chi connectivity index (χ0v) is 10.3. The second-order valence-corrected chi connectivity index (χ2v) is 4.12. The number of hydrogen-bond donors (Lipinski definition) is 0. The maximum atomic E-state index is 4.67. The molecule has 0 aliphatic rings. The lowest BCUT2D eigenvalue weighted by atomic mass is 10.3. The largest absolute Gasteiger partial charge is 0.307 e. The number of nitrogens with zero attached hydrogens (tertiary/aromatic N) is 3. The van der Waals surface area contributed by atoms with Gasteiger partial charge in [-0.25, -0.2) is 4.98 Å². The Bertz CT molecular complexity index is 469. The molecule has 0 saturated carbocycles. The highest BCUT2D eigenvalue weighted by atomic mass is 15.1. The van der Waals surface area contributed by atoms with Crippen LogP contribution >= 0.6 is 0 Å². The van der Waals surface area contributed by atoms with Crippen molar-refractivity contribution >= 4 is 5.65 Å². The van der Waals surface area contributed by atoms with Crippen LogP contribution in [0.5, 0.6) is 0 Å². The fourth-order valence-electron chi connectivity index (χ4n) is 1.96. The van der Waals surface area contributed by atoms with Gasteiger partial charge in [-0.1, -0.05) is 19.9 Å². The molecule has 0 saturated heterocycles. The molecule has 0 radical (unpaired) electrons. The Kier molecular flexibility index (Phi) is 3.25. The molecule has 2 heterocycles. The van der Waals surface area contributed by atoms with E-state index in [4.69, 9.17) is 0 Å². The van der Waals surface area contributed by atoms with Gasteiger partial charge >= 0.3 is 0 Å². The molecule has 0 atom stereocenters. The topological polar surface area (TPSA) is 20.5 Å². The molecule has 0 fully saturated rings. The van der Waals surface area contributed by atoms with Crippen LogP contribution in [0.4, 0.5) is 0 Å². The number of rotatable bonds is 4. The van der Waals surface area contributed by atoms with E-state index in [-0.39, 0.29) is 0 Å². The van der Waals surface area contributed by atoms with E-state index in [9.17, 15) is 0 Å². The van der Waals surface area contributed by atoms with Gasteiger partial charge in [0.15, 0.2) is 0 Å². The Balaban J connectivity index is 2.29. The van der Waals surface area contributed by atoms with Gasteiger partial charge in [0.1, 0.15) is 5.65 Å². The molecule has 2 rings (SSSR count). The van der Waals surface area contributed by atoms with Crippen molar-refractivity contribution in [3.63, 3.8) is 0 Å². The number of fused-ring (bicyclic) bond motifs is 1. The fourth-order valence-corrected chi connectivity index (χ4v) is 1.96. The second kappa shape index (κ2) is 4.66. The summed E-state index contributed by atoms with van der Waals surface area (Å²) >= 11 is 0. The first-order valence-electron chi connectivity index (χ1n) is 5.90. The van der Waals surface area contributed by atoms with Gasteiger partial charge in [0.25, 0.3) is 0 Å². The summed E-state index contributed by atoms with van der Waals surface area (Å²) in [5, 5.41) is 0. The lowest BCUT2D eigenvalue weighted by Gasteiger charge is -2.15. The molecular weight excluding hydrogens is 198 g/mol. The molecule has 0 aromatic carbocycles. The molecule has 16 heavy (non-hydrogen) atoms. The minimum atomic E-state index is 0.939. The third kappa shape index (κ3) is 2.09. The first-order chi connectivity index (χ1) is 7.74. The van der Waals surface area contributed by atoms with E-state index < -0.39 is 0 Å². The molecule has 0 bridgehead atoms. The van der Waals surface area contributed by atoms with E-state index in [0.717, 1.165) is 31.0 Å². The van der Waals surface area contributed by atoms with Gasteiger partial charge < -0.3 is 4.40 Å². The standard InChI is InChI=1S/C13H19N3/c1-4-15(5-2)9-12-10-16-8-6-7-11(3)13(16)14-12/h6-8,10H,4-5,9H2,1-3H3. The minimum absolute atomic E-state index is 0.939. The molecule has 0 amide bonds. The summed E-state index contributed by atoms with van der Waals surface area (Å²) in [4.78, 5) is 7.04. The average Bonchev–Trinajstić information content (AvgIpc) is 2.70. The molecule has 0 spiro atoms. The van der Waals surface area contributed by atoms with Gasteiger partial charge in [-0.15, -0.1) is 0 Å². The number of imidazole rings is 1. The number of aryl methyl sites for hydroxylation is 1. The van der Waals surface area contributed by atoms with Crippen molar-refractivity contribution in [3.8, 4) is 0 Å². The Morgan fingerprint density at radius 1 is 1.31 bits per heavy atom. The Morgan fingerprint density at radius 2 is 2.06 bits per heavy atom. The predicted octanol–water partition coefficient (Wildman–Crippen LogP) is 2.48. The molecule has 0 aliphatic carbocycles. The molecule has 86 valence electrons. The van der Waals surface area contributed by atoms with E-state index >= 15 is 0 Å². The van der Waals surface area contributed by atoms with Crippen molar-refractivity contribution in [3.05, 3.63) is 35.8 Å². The Hall–Kier alpha value is -1.35. The molecule has 0 aliphatic heterocycles. The normalized spacial score (nSPS) is 11.5. The third-order valence-electron chi connectivity index (χ3n) is 3.01. The van der Waals surface area contributed by atoms with Crippen LogP contribution < -0.4 is 0 Å². The number of hydrogen-bond acceptors (Lipinski definition) is 2. The molecule has 3 nitrogen and oxygen atoms in total. The summed E-state index contributed by atoms with van der Waals surface area (Å²) in [6.45, 7) is 9.56. The fraction of sp³-hybridized carbons (Fsp3) is 0.462. The second-order valence-electron chi connectivity index (χ2n) is 4.12. The van der Waals surface area contributed by atoms with Crippen LogP contribution in [0.1, 0.15) is 25.1 Å². The van der Waals surface area contributed by atoms with Crippen molar-refractivity contribution in [2.24, 2.45) is 0 Å². The van der Waals surface area contributed by atoms with Crippen LogP contribution in [0.2, 0.25) is 0 Å². The Morgan fingerprint density at radius 3 is 2.69 bits per heavy atom. The summed E-state index contributed by atoms with van der Waals surface area (Å²) in [5.74, 6) is 0. The van der Waals surface area contributed by atoms with Gasteiger partial charge in [0.05, 0.1) is 5.69 Å². The first-order valence-corrected chi connectivity index (χ1v) is 5.90. The lowest BCUT2D eigenvalue weighted by molar-refractivity contribution is 0.293. The monoisotopic (exact) mass is 217 g/mol. The van der Waals surface area contributed by atoms with E-state index in [1.54, 1.807) is 0 Å². The summed E-state index contributed by atoms with van der Waals surface area (Å²) in [6, 6.07) is 4.16. The molecule has 3 heteroatoms. The summed E-state index contributed by atoms with van der Waals surface area (Å²) in [6.07, 6.45) is 4.18. The van der Waals surface area contributed by atoms with E-state index in [1.807, 2.05) is 0 Å². The SMILES string of the molecule is CCN(CC)Cc1cn2cccc(C)c2n1. The van der Waals surface area contributed by atoms with Crippen molar-refractivity contribution in [2.45, 2.75) is 27.3 Å². The lowest BCUT2D eigenvalue weighted by Crippen LogP contribution is -2.22. The molecule has 2 aromatic heterocycles. The van der Waals surface area contributed by atoms with E-state index in [0.29, 0.717) is 0 Å². The predicted molar refractivity (Wildman–Crippen MR) is 66.6 cm³/mol. The maximum Gasteiger partial charge on any atom is 0.139 e. The van der Waals surface area contributed by atoms with Gasteiger partial charge in [0, 0.05) is 18.9 Å². The summed E-state index contributed by atoms with van der Waals surface area (Å²) in [7, 11) is 0. The van der Waals surface area contributed by atoms with Gasteiger partial charge in [-0.2, -0.15) is 0 Å². The van der Waals surface area contributed by atoms with Crippen LogP contribution in [-0.4, -0.2) is 27.4 Å². The van der Waals surface area contributed by atoms with Crippen molar-refractivity contribution in [1.82, 2.24) is 14.3 Å². The van der Waals surface area contributed by atoms with Crippen LogP contribution in [0.15, 0.2) is 24.5 Å². The highest BCUT2D eigenvalue weighted by Crippen LogP contribution is 2.11. The molecular formula is C13H19N3. The quantitative estimate of drug-likeness (QED) is 0.784. The zero-order valence-electron chi connectivity index (χ0n) is 10.3. The highest BCUT2D eigenvalue weighted by Gasteiger charge is 2.06. The highest BCUT2D eigenvalue weighted by molar-refractivity contribution is 5.47. The molecule has 0 N–H and O–H groups in total. The van der Waals surface area contributed by atoms with Crippen molar-refractivity contribution in [2.75, 3.05) is 13.1 Å². The average molecular weight is 217 g/mol. The summed E-state index contributed by atoms with van der Waals surface area (Å²) in [5.41, 5.74) is 3.45. The van der Waals surface area contributed by atoms with Crippen LogP contribution in [-0.2, 0) is 6.54 Å². The van der Waals surface area contributed by atoms with Crippen molar-refractivity contribution in [1.29, 1.82) is 0 Å². The van der Waals surface area contributed by atoms with Gasteiger partial charge in [-0.05, 0) is 31.6 Å². The number of pyridine rings is 1. The van der Waals surface area contributed by atoms with E-state index in [2.05, 4.69) is 59.6 Å². The molecule has 2 aromatic rings. The van der Waals surface area contributed by atoms with Crippen molar-refractivity contribution < 1.29 is 0 Å². The van der Waals surface area contributed by atoms with Gasteiger partial charge in [0.2, 0.25) is 0 Å². The number of aromatic nitrogens is 2. The van der Waals surface area contributed by atoms with Crippen LogP contribution in [0, 0.1) is 6.92 Å². The third-order valence-corrected chi connectivity index (χ3v) is 3.01. The first kappa shape index (κ1) is 11.1. The minimum Gasteiger partial charge on any atom is -0.307 e. The molecule has 0 unspecified atom stereocenters. The van der Waals surface area contributed by atoms with Gasteiger partial charge in [-0.3, -0.25) is 4.90 Å². The van der Waals surface area contributed by atoms with Crippen LogP contribution in [0.3, 0.4) is 0 Å².